The highest BCUT2D eigenvalue weighted by atomic mass is 16.4. The van der Waals surface area contributed by atoms with Crippen molar-refractivity contribution >= 4 is 12.3 Å². The maximum absolute atomic E-state index is 11.1. The van der Waals surface area contributed by atoms with Crippen LogP contribution in [0.3, 0.4) is 0 Å². The van der Waals surface area contributed by atoms with E-state index < -0.39 is 5.97 Å². The van der Waals surface area contributed by atoms with Crippen molar-refractivity contribution in [1.82, 2.24) is 0 Å². The molecular weight excluding hydrogens is 208 g/mol. The zero-order valence-electron chi connectivity index (χ0n) is 9.16. The highest BCUT2D eigenvalue weighted by Crippen LogP contribution is 2.43. The van der Waals surface area contributed by atoms with Gasteiger partial charge in [0.25, 0.3) is 0 Å². The van der Waals surface area contributed by atoms with E-state index in [9.17, 15) is 9.59 Å². The topological polar surface area (TPSA) is 67.5 Å². The molecule has 1 heterocycles. The average molecular weight is 222 g/mol. The van der Waals surface area contributed by atoms with Crippen LogP contribution < -0.4 is 0 Å². The van der Waals surface area contributed by atoms with Crippen LogP contribution in [0.5, 0.6) is 0 Å². The maximum Gasteiger partial charge on any atom is 0.340 e. The molecule has 0 unspecified atom stereocenters. The Morgan fingerprint density at radius 2 is 2.25 bits per heavy atom. The van der Waals surface area contributed by atoms with E-state index in [-0.39, 0.29) is 17.0 Å². The van der Waals surface area contributed by atoms with Gasteiger partial charge in [0.2, 0.25) is 0 Å². The number of carbonyl (C=O) groups is 2. The van der Waals surface area contributed by atoms with Gasteiger partial charge in [-0.25, -0.2) is 4.79 Å². The third-order valence-corrected chi connectivity index (χ3v) is 2.80. The molecule has 16 heavy (non-hydrogen) atoms. The van der Waals surface area contributed by atoms with Gasteiger partial charge in [0, 0.05) is 12.3 Å². The van der Waals surface area contributed by atoms with E-state index in [1.165, 1.54) is 0 Å². The molecule has 4 nitrogen and oxygen atoms in total. The molecule has 0 bridgehead atoms. The van der Waals surface area contributed by atoms with Gasteiger partial charge in [0.1, 0.15) is 17.1 Å². The lowest BCUT2D eigenvalue weighted by Gasteiger charge is -1.94. The minimum Gasteiger partial charge on any atom is -0.478 e. The lowest BCUT2D eigenvalue weighted by molar-refractivity contribution is 0.0692. The fourth-order valence-corrected chi connectivity index (χ4v) is 1.92. The van der Waals surface area contributed by atoms with Crippen molar-refractivity contribution in [3.05, 3.63) is 22.6 Å². The van der Waals surface area contributed by atoms with E-state index in [0.717, 1.165) is 19.3 Å². The second-order valence-corrected chi connectivity index (χ2v) is 4.13. The second kappa shape index (κ2) is 4.12. The molecule has 1 aromatic heterocycles. The molecule has 1 N–H and O–H groups in total. The monoisotopic (exact) mass is 222 g/mol. The fraction of sp³-hybridized carbons (Fsp3) is 0.500. The molecular formula is C12H14O4. The van der Waals surface area contributed by atoms with Crippen molar-refractivity contribution in [1.29, 1.82) is 0 Å². The third kappa shape index (κ3) is 1.75. The average Bonchev–Trinajstić information content (AvgIpc) is 3.01. The van der Waals surface area contributed by atoms with Crippen LogP contribution in [0.2, 0.25) is 0 Å². The van der Waals surface area contributed by atoms with Gasteiger partial charge in [-0.1, -0.05) is 6.92 Å². The van der Waals surface area contributed by atoms with Gasteiger partial charge in [-0.2, -0.15) is 0 Å². The molecule has 0 aliphatic heterocycles. The van der Waals surface area contributed by atoms with Crippen LogP contribution in [0.1, 0.15) is 64.3 Å². The smallest absolute Gasteiger partial charge is 0.340 e. The zero-order valence-corrected chi connectivity index (χ0v) is 9.16. The summed E-state index contributed by atoms with van der Waals surface area (Å²) >= 11 is 0. The predicted molar refractivity (Wildman–Crippen MR) is 57.0 cm³/mol. The fourth-order valence-electron chi connectivity index (χ4n) is 1.92. The predicted octanol–water partition coefficient (Wildman–Crippen LogP) is 2.62. The summed E-state index contributed by atoms with van der Waals surface area (Å²) < 4.78 is 5.55. The normalized spacial score (nSPS) is 15.1. The van der Waals surface area contributed by atoms with E-state index in [0.29, 0.717) is 24.2 Å². The minimum atomic E-state index is -1.07. The lowest BCUT2D eigenvalue weighted by Crippen LogP contribution is -2.03. The summed E-state index contributed by atoms with van der Waals surface area (Å²) in [5.74, 6) is 0.208. The summed E-state index contributed by atoms with van der Waals surface area (Å²) in [7, 11) is 0. The first-order valence-electron chi connectivity index (χ1n) is 5.53. The molecule has 1 aromatic rings. The first-order chi connectivity index (χ1) is 7.69. The van der Waals surface area contributed by atoms with E-state index in [1.807, 2.05) is 6.92 Å². The van der Waals surface area contributed by atoms with Crippen molar-refractivity contribution in [2.45, 2.75) is 38.5 Å². The summed E-state index contributed by atoms with van der Waals surface area (Å²) in [6.07, 6.45) is 3.95. The zero-order chi connectivity index (χ0) is 11.7. The number of carbonyl (C=O) groups excluding carboxylic acids is 1. The van der Waals surface area contributed by atoms with Gasteiger partial charge in [-0.3, -0.25) is 4.79 Å². The van der Waals surface area contributed by atoms with Crippen molar-refractivity contribution in [2.24, 2.45) is 0 Å². The Morgan fingerprint density at radius 1 is 1.56 bits per heavy atom. The molecule has 0 saturated heterocycles. The van der Waals surface area contributed by atoms with Gasteiger partial charge < -0.3 is 9.52 Å². The van der Waals surface area contributed by atoms with Gasteiger partial charge in [-0.15, -0.1) is 0 Å². The second-order valence-electron chi connectivity index (χ2n) is 4.13. The first-order valence-corrected chi connectivity index (χ1v) is 5.53. The Labute approximate surface area is 93.3 Å². The number of aryl methyl sites for hydroxylation is 1. The Hall–Kier alpha value is -1.58. The van der Waals surface area contributed by atoms with Crippen molar-refractivity contribution < 1.29 is 19.1 Å². The van der Waals surface area contributed by atoms with Gasteiger partial charge in [0.15, 0.2) is 6.29 Å². The molecule has 0 spiro atoms. The Morgan fingerprint density at radius 3 is 2.69 bits per heavy atom. The van der Waals surface area contributed by atoms with Gasteiger partial charge in [0.05, 0.1) is 5.56 Å². The molecule has 1 saturated carbocycles. The number of furan rings is 1. The Balaban J connectivity index is 2.51. The molecule has 0 atom stereocenters. The molecule has 86 valence electrons. The number of aromatic carboxylic acids is 1. The summed E-state index contributed by atoms with van der Waals surface area (Å²) in [5.41, 5.74) is 0.317. The Bertz CT molecular complexity index is 426. The quantitative estimate of drug-likeness (QED) is 0.777. The van der Waals surface area contributed by atoms with E-state index in [2.05, 4.69) is 0 Å². The first kappa shape index (κ1) is 10.9. The summed E-state index contributed by atoms with van der Waals surface area (Å²) in [5, 5.41) is 9.10. The summed E-state index contributed by atoms with van der Waals surface area (Å²) in [4.78, 5) is 22.1. The SMILES string of the molecule is CCCc1oc(C2CC2)c(C=O)c1C(=O)O. The molecule has 0 amide bonds. The third-order valence-electron chi connectivity index (χ3n) is 2.80. The molecule has 1 aliphatic rings. The number of hydrogen-bond donors (Lipinski definition) is 1. The van der Waals surface area contributed by atoms with Crippen LogP contribution in [0, 0.1) is 0 Å². The van der Waals surface area contributed by atoms with Crippen molar-refractivity contribution in [3.63, 3.8) is 0 Å². The Kier molecular flexibility index (Phi) is 2.81. The summed E-state index contributed by atoms with van der Waals surface area (Å²) in [6.45, 7) is 1.95. The molecule has 4 heteroatoms. The minimum absolute atomic E-state index is 0.0683. The van der Waals surface area contributed by atoms with Crippen LogP contribution in [0.25, 0.3) is 0 Å². The number of carboxylic acid groups (broad SMARTS) is 1. The van der Waals surface area contributed by atoms with Crippen LogP contribution in [0.4, 0.5) is 0 Å². The highest BCUT2D eigenvalue weighted by Gasteiger charge is 2.34. The van der Waals surface area contributed by atoms with E-state index in [1.54, 1.807) is 0 Å². The number of hydrogen-bond acceptors (Lipinski definition) is 3. The van der Waals surface area contributed by atoms with Crippen LogP contribution in [-0.4, -0.2) is 17.4 Å². The lowest BCUT2D eigenvalue weighted by atomic mass is 10.1. The number of carboxylic acids is 1. The molecule has 1 fully saturated rings. The number of aldehydes is 1. The van der Waals surface area contributed by atoms with Gasteiger partial charge >= 0.3 is 5.97 Å². The summed E-state index contributed by atoms with van der Waals surface area (Å²) in [6, 6.07) is 0. The van der Waals surface area contributed by atoms with Crippen molar-refractivity contribution in [3.8, 4) is 0 Å². The molecule has 0 radical (unpaired) electrons. The molecule has 0 aromatic carbocycles. The number of rotatable bonds is 5. The maximum atomic E-state index is 11.1. The molecule has 2 rings (SSSR count). The van der Waals surface area contributed by atoms with Crippen molar-refractivity contribution in [2.75, 3.05) is 0 Å². The van der Waals surface area contributed by atoms with Crippen LogP contribution in [0.15, 0.2) is 4.42 Å². The van der Waals surface area contributed by atoms with Crippen LogP contribution in [-0.2, 0) is 6.42 Å². The largest absolute Gasteiger partial charge is 0.478 e. The standard InChI is InChI=1S/C12H14O4/c1-2-3-9-10(12(14)15)8(6-13)11(16-9)7-4-5-7/h6-7H,2-5H2,1H3,(H,14,15). The van der Waals surface area contributed by atoms with E-state index in [4.69, 9.17) is 9.52 Å². The highest BCUT2D eigenvalue weighted by molar-refractivity contribution is 5.99. The van der Waals surface area contributed by atoms with Crippen LogP contribution >= 0.6 is 0 Å². The van der Waals surface area contributed by atoms with Gasteiger partial charge in [-0.05, 0) is 19.3 Å². The van der Waals surface area contributed by atoms with E-state index >= 15 is 0 Å². The molecule has 1 aliphatic carbocycles.